The maximum absolute atomic E-state index is 12.2. The minimum Gasteiger partial charge on any atom is -0.472 e. The molecule has 58 heavy (non-hydrogen) atoms. The number of rotatable bonds is 33. The van der Waals surface area contributed by atoms with Crippen LogP contribution in [0, 0.1) is 47.9 Å². The summed E-state index contributed by atoms with van der Waals surface area (Å²) in [5.41, 5.74) is 0. The number of aliphatic carboxylic acids is 1. The number of aliphatic hydroxyl groups is 8. The van der Waals surface area contributed by atoms with Crippen LogP contribution in [-0.4, -0.2) is 107 Å². The molecule has 0 rings (SSSR count). The molecule has 0 aliphatic carbocycles. The second kappa shape index (κ2) is 37.8. The third kappa shape index (κ3) is 36.9. The van der Waals surface area contributed by atoms with Gasteiger partial charge >= 0.3 is 5.97 Å². The van der Waals surface area contributed by atoms with E-state index in [9.17, 15) is 50.4 Å². The van der Waals surface area contributed by atoms with Gasteiger partial charge in [0.15, 0.2) is 6.10 Å². The molecule has 0 aromatic heterocycles. The zero-order valence-corrected chi connectivity index (χ0v) is 34.5. The molecule has 0 aliphatic rings. The first-order chi connectivity index (χ1) is 27.8. The van der Waals surface area contributed by atoms with Gasteiger partial charge in [-0.15, -0.1) is 6.42 Å². The van der Waals surface area contributed by atoms with E-state index in [4.69, 9.17) is 11.5 Å². The first-order valence-corrected chi connectivity index (χ1v) is 21.3. The van der Waals surface area contributed by atoms with Crippen molar-refractivity contribution in [3.8, 4) is 47.9 Å². The molecule has 8 atom stereocenters. The van der Waals surface area contributed by atoms with Gasteiger partial charge in [0.25, 0.3) is 0 Å². The first kappa shape index (κ1) is 54.5. The Balaban J connectivity index is 3.77. The Hall–Kier alpha value is -3.46. The molecule has 11 nitrogen and oxygen atoms in total. The Kier molecular flexibility index (Phi) is 35.5. The summed E-state index contributed by atoms with van der Waals surface area (Å²) in [4.78, 5) is 22.6. The van der Waals surface area contributed by atoms with Gasteiger partial charge in [0.2, 0.25) is 0 Å². The number of aliphatic hydroxyl groups excluding tert-OH is 8. The van der Waals surface area contributed by atoms with E-state index in [1.807, 2.05) is 18.1 Å². The lowest BCUT2D eigenvalue weighted by atomic mass is 10.0. The van der Waals surface area contributed by atoms with E-state index in [-0.39, 0.29) is 12.2 Å². The summed E-state index contributed by atoms with van der Waals surface area (Å²) < 4.78 is 0. The van der Waals surface area contributed by atoms with Crippen LogP contribution >= 0.6 is 0 Å². The zero-order chi connectivity index (χ0) is 43.2. The first-order valence-electron chi connectivity index (χ1n) is 21.3. The highest BCUT2D eigenvalue weighted by Crippen LogP contribution is 2.15. The van der Waals surface area contributed by atoms with Crippen molar-refractivity contribution in [1.82, 2.24) is 0 Å². The molecule has 0 amide bonds. The third-order valence-electron chi connectivity index (χ3n) is 9.50. The number of carboxylic acid groups (broad SMARTS) is 1. The molecule has 326 valence electrons. The molecule has 0 heterocycles. The number of carbonyl (C=O) groups excluding carboxylic acids is 1. The number of allylic oxidation sites excluding steroid dienone is 1. The van der Waals surface area contributed by atoms with E-state index in [0.29, 0.717) is 51.4 Å². The smallest absolute Gasteiger partial charge is 0.381 e. The van der Waals surface area contributed by atoms with Crippen molar-refractivity contribution in [2.45, 2.75) is 209 Å². The molecule has 0 bridgehead atoms. The molecular weight excluding hydrogens is 741 g/mol. The summed E-state index contributed by atoms with van der Waals surface area (Å²) in [6, 6.07) is 0. The van der Waals surface area contributed by atoms with Gasteiger partial charge < -0.3 is 46.0 Å². The molecule has 0 aliphatic heterocycles. The average molecular weight is 813 g/mol. The van der Waals surface area contributed by atoms with Crippen LogP contribution in [0.5, 0.6) is 0 Å². The van der Waals surface area contributed by atoms with E-state index in [1.165, 1.54) is 44.3 Å². The molecule has 0 fully saturated rings. The van der Waals surface area contributed by atoms with Crippen molar-refractivity contribution < 1.29 is 55.5 Å². The summed E-state index contributed by atoms with van der Waals surface area (Å²) in [5.74, 6) is 15.1. The summed E-state index contributed by atoms with van der Waals surface area (Å²) in [6.07, 6.45) is 24.0. The number of unbranched alkanes of at least 4 members (excludes halogenated alkanes) is 13. The molecule has 0 aromatic rings. The molecule has 0 saturated heterocycles. The second-order valence-corrected chi connectivity index (χ2v) is 15.0. The van der Waals surface area contributed by atoms with Crippen molar-refractivity contribution >= 4 is 11.8 Å². The maximum Gasteiger partial charge on any atom is 0.381 e. The lowest BCUT2D eigenvalue weighted by molar-refractivity contribution is -0.130. The van der Waals surface area contributed by atoms with Crippen molar-refractivity contribution in [2.24, 2.45) is 0 Å². The van der Waals surface area contributed by atoms with Gasteiger partial charge in [0, 0.05) is 25.2 Å². The molecule has 8 unspecified atom stereocenters. The van der Waals surface area contributed by atoms with Crippen LogP contribution in [0.25, 0.3) is 0 Å². The zero-order valence-electron chi connectivity index (χ0n) is 34.5. The maximum atomic E-state index is 12.2. The van der Waals surface area contributed by atoms with E-state index in [1.54, 1.807) is 0 Å². The molecule has 0 radical (unpaired) electrons. The number of carbonyl (C=O) groups is 2. The van der Waals surface area contributed by atoms with Crippen LogP contribution in [0.15, 0.2) is 24.3 Å². The fourth-order valence-corrected chi connectivity index (χ4v) is 6.02. The summed E-state index contributed by atoms with van der Waals surface area (Å²) in [7, 11) is 0. The predicted molar refractivity (Wildman–Crippen MR) is 227 cm³/mol. The van der Waals surface area contributed by atoms with Gasteiger partial charge in [0.05, 0.1) is 24.4 Å². The van der Waals surface area contributed by atoms with E-state index >= 15 is 0 Å². The number of carboxylic acids is 1. The fraction of sp³-hybridized carbons (Fsp3) is 0.702. The van der Waals surface area contributed by atoms with E-state index in [2.05, 4.69) is 35.5 Å². The van der Waals surface area contributed by atoms with Gasteiger partial charge in [-0.05, 0) is 70.3 Å². The SMILES string of the molecule is C#CC(O)C=CC(O)CCCC(O)CC#CC(O)C#CC(O)CCCC(=O)CCCCCC=CC(O)CCCCCCCCCCCCCC(O)C(O)C#CC(=O)O. The largest absolute Gasteiger partial charge is 0.472 e. The number of Topliss-reactive ketones (excluding diaryl/α,β-unsaturated/α-hetero) is 1. The Morgan fingerprint density at radius 3 is 1.76 bits per heavy atom. The molecule has 0 spiro atoms. The number of hydrogen-bond donors (Lipinski definition) is 9. The molecule has 0 saturated carbocycles. The van der Waals surface area contributed by atoms with Crippen LogP contribution in [0.4, 0.5) is 0 Å². The highest BCUT2D eigenvalue weighted by molar-refractivity contribution is 5.86. The Morgan fingerprint density at radius 1 is 0.552 bits per heavy atom. The average Bonchev–Trinajstić information content (AvgIpc) is 3.19. The fourth-order valence-electron chi connectivity index (χ4n) is 6.02. The van der Waals surface area contributed by atoms with Gasteiger partial charge in [-0.25, -0.2) is 4.79 Å². The Morgan fingerprint density at radius 2 is 1.12 bits per heavy atom. The molecular formula is C47H72O11. The number of hydrogen-bond acceptors (Lipinski definition) is 10. The van der Waals surface area contributed by atoms with Crippen LogP contribution < -0.4 is 0 Å². The van der Waals surface area contributed by atoms with Crippen molar-refractivity contribution in [1.29, 1.82) is 0 Å². The van der Waals surface area contributed by atoms with Crippen LogP contribution in [-0.2, 0) is 9.59 Å². The van der Waals surface area contributed by atoms with Gasteiger partial charge in [-0.1, -0.05) is 131 Å². The Labute approximate surface area is 348 Å². The van der Waals surface area contributed by atoms with Crippen LogP contribution in [0.1, 0.15) is 161 Å². The lowest BCUT2D eigenvalue weighted by Crippen LogP contribution is -2.24. The number of ketones is 1. The normalized spacial score (nSPS) is 15.4. The standard InChI is InChI=1S/C47H72O11/c1-2-38(48)32-33-42(52)28-20-26-41(51)27-21-30-44(54)35-34-43(53)29-19-25-40(50)24-17-13-10-12-16-23-39(49)22-15-11-8-6-4-3-5-7-9-14-18-31-45(55)46(56)36-37-47(57)58/h1,16,23,32-33,38-39,41-46,48-49,51-56H,3-15,17-20,22,24-29,31H2,(H,57,58). The summed E-state index contributed by atoms with van der Waals surface area (Å²) >= 11 is 0. The van der Waals surface area contributed by atoms with Gasteiger partial charge in [0.1, 0.15) is 24.1 Å². The van der Waals surface area contributed by atoms with E-state index < -0.39 is 54.8 Å². The quantitative estimate of drug-likeness (QED) is 0.0243. The second-order valence-electron chi connectivity index (χ2n) is 15.0. The molecule has 9 N–H and O–H groups in total. The third-order valence-corrected chi connectivity index (χ3v) is 9.50. The van der Waals surface area contributed by atoms with Crippen LogP contribution in [0.2, 0.25) is 0 Å². The summed E-state index contributed by atoms with van der Waals surface area (Å²) in [5, 5.41) is 87.2. The van der Waals surface area contributed by atoms with Crippen LogP contribution in [0.3, 0.4) is 0 Å². The lowest BCUT2D eigenvalue weighted by Gasteiger charge is -2.12. The van der Waals surface area contributed by atoms with Gasteiger partial charge in [-0.3, -0.25) is 4.79 Å². The van der Waals surface area contributed by atoms with Gasteiger partial charge in [-0.2, -0.15) is 0 Å². The predicted octanol–water partition coefficient (Wildman–Crippen LogP) is 5.04. The Bertz CT molecular complexity index is 1370. The van der Waals surface area contributed by atoms with E-state index in [0.717, 1.165) is 70.6 Å². The highest BCUT2D eigenvalue weighted by Gasteiger charge is 2.13. The highest BCUT2D eigenvalue weighted by atomic mass is 16.4. The topological polar surface area (TPSA) is 216 Å². The minimum absolute atomic E-state index is 0.128. The minimum atomic E-state index is -1.32. The van der Waals surface area contributed by atoms with Crippen molar-refractivity contribution in [3.05, 3.63) is 24.3 Å². The molecule has 11 heteroatoms. The molecule has 0 aromatic carbocycles. The van der Waals surface area contributed by atoms with Crippen molar-refractivity contribution in [2.75, 3.05) is 0 Å². The number of terminal acetylenes is 1. The summed E-state index contributed by atoms with van der Waals surface area (Å²) in [6.45, 7) is 0. The monoisotopic (exact) mass is 813 g/mol. The van der Waals surface area contributed by atoms with Crippen molar-refractivity contribution in [3.63, 3.8) is 0 Å².